The third-order valence-electron chi connectivity index (χ3n) is 4.98. The molecule has 1 unspecified atom stereocenters. The van der Waals surface area contributed by atoms with Gasteiger partial charge in [0.25, 0.3) is 0 Å². The molecule has 0 saturated heterocycles. The zero-order chi connectivity index (χ0) is 20.8. The number of unbranched alkanes of at least 4 members (excludes halogenated alkanes) is 1. The van der Waals surface area contributed by atoms with Gasteiger partial charge in [-0.05, 0) is 50.8 Å². The van der Waals surface area contributed by atoms with Crippen LogP contribution in [0.5, 0.6) is 5.75 Å². The number of carbonyl (C=O) groups is 1. The molecular formula is C25H31NO3. The number of ether oxygens (including phenoxy) is 1. The molecule has 0 spiro atoms. The summed E-state index contributed by atoms with van der Waals surface area (Å²) in [6.45, 7) is 5.94. The molecule has 0 fully saturated rings. The normalized spacial score (nSPS) is 12.4. The Morgan fingerprint density at radius 1 is 1.10 bits per heavy atom. The van der Waals surface area contributed by atoms with Crippen molar-refractivity contribution >= 4 is 16.8 Å². The highest BCUT2D eigenvalue weighted by Crippen LogP contribution is 2.29. The number of hydrogen-bond donors (Lipinski definition) is 0. The van der Waals surface area contributed by atoms with Crippen LogP contribution in [0.2, 0.25) is 0 Å². The van der Waals surface area contributed by atoms with E-state index in [4.69, 9.17) is 9.15 Å². The van der Waals surface area contributed by atoms with Crippen LogP contribution in [0.4, 0.5) is 0 Å². The van der Waals surface area contributed by atoms with Gasteiger partial charge in [0.2, 0.25) is 0 Å². The molecule has 4 heteroatoms. The van der Waals surface area contributed by atoms with Gasteiger partial charge in [0, 0.05) is 29.8 Å². The Morgan fingerprint density at radius 2 is 1.83 bits per heavy atom. The van der Waals surface area contributed by atoms with Crippen LogP contribution < -0.4 is 4.74 Å². The molecule has 0 aliphatic heterocycles. The summed E-state index contributed by atoms with van der Waals surface area (Å²) in [5.74, 6) is 2.02. The number of para-hydroxylation sites is 1. The van der Waals surface area contributed by atoms with Gasteiger partial charge in [-0.1, -0.05) is 38.5 Å². The summed E-state index contributed by atoms with van der Waals surface area (Å²) in [4.78, 5) is 15.5. The first-order valence-electron chi connectivity index (χ1n) is 10.4. The molecule has 0 aliphatic rings. The fourth-order valence-corrected chi connectivity index (χ4v) is 3.62. The van der Waals surface area contributed by atoms with Crippen LogP contribution >= 0.6 is 0 Å². The van der Waals surface area contributed by atoms with Crippen LogP contribution in [-0.2, 0) is 6.42 Å². The van der Waals surface area contributed by atoms with E-state index in [0.29, 0.717) is 23.7 Å². The largest absolute Gasteiger partial charge is 0.493 e. The molecule has 0 amide bonds. The molecule has 0 saturated carbocycles. The van der Waals surface area contributed by atoms with Crippen LogP contribution in [-0.4, -0.2) is 37.9 Å². The number of rotatable bonds is 10. The van der Waals surface area contributed by atoms with Crippen LogP contribution in [0.1, 0.15) is 48.4 Å². The van der Waals surface area contributed by atoms with Crippen molar-refractivity contribution in [3.63, 3.8) is 0 Å². The predicted molar refractivity (Wildman–Crippen MR) is 118 cm³/mol. The van der Waals surface area contributed by atoms with Crippen LogP contribution in [0.3, 0.4) is 0 Å². The summed E-state index contributed by atoms with van der Waals surface area (Å²) in [7, 11) is 4.12. The maximum atomic E-state index is 13.3. The summed E-state index contributed by atoms with van der Waals surface area (Å²) >= 11 is 0. The van der Waals surface area contributed by atoms with E-state index in [2.05, 4.69) is 32.8 Å². The molecule has 1 aromatic heterocycles. The molecule has 3 aromatic rings. The number of hydrogen-bond acceptors (Lipinski definition) is 4. The number of aryl methyl sites for hydroxylation is 1. The van der Waals surface area contributed by atoms with Gasteiger partial charge in [-0.3, -0.25) is 4.79 Å². The summed E-state index contributed by atoms with van der Waals surface area (Å²) in [5.41, 5.74) is 2.13. The third-order valence-corrected chi connectivity index (χ3v) is 4.98. The van der Waals surface area contributed by atoms with E-state index >= 15 is 0 Å². The van der Waals surface area contributed by atoms with Gasteiger partial charge in [0.1, 0.15) is 17.1 Å². The van der Waals surface area contributed by atoms with Crippen LogP contribution in [0.15, 0.2) is 52.9 Å². The highest BCUT2D eigenvalue weighted by Gasteiger charge is 2.21. The molecule has 154 valence electrons. The lowest BCUT2D eigenvalue weighted by Gasteiger charge is -2.17. The first-order chi connectivity index (χ1) is 14.0. The molecule has 3 rings (SSSR count). The van der Waals surface area contributed by atoms with Crippen molar-refractivity contribution in [3.8, 4) is 5.75 Å². The Kier molecular flexibility index (Phi) is 7.10. The Morgan fingerprint density at radius 3 is 2.52 bits per heavy atom. The number of benzene rings is 2. The Hall–Kier alpha value is -2.59. The minimum atomic E-state index is 0.00794. The minimum Gasteiger partial charge on any atom is -0.493 e. The van der Waals surface area contributed by atoms with Crippen molar-refractivity contribution in [1.29, 1.82) is 0 Å². The lowest BCUT2D eigenvalue weighted by Crippen LogP contribution is -2.24. The molecule has 0 radical (unpaired) electrons. The van der Waals surface area contributed by atoms with Crippen LogP contribution in [0.25, 0.3) is 11.0 Å². The standard InChI is InChI=1S/C25H31NO3/c1-5-6-10-23-24(21-9-7-8-11-22(21)29-23)25(27)19-12-14-20(15-13-19)28-17-18(2)16-26(3)4/h7-9,11-15,18H,5-6,10,16-17H2,1-4H3. The zero-order valence-electron chi connectivity index (χ0n) is 17.9. The topological polar surface area (TPSA) is 42.7 Å². The van der Waals surface area contributed by atoms with Gasteiger partial charge in [-0.2, -0.15) is 0 Å². The summed E-state index contributed by atoms with van der Waals surface area (Å²) in [6, 6.07) is 15.2. The second-order valence-electron chi connectivity index (χ2n) is 8.03. The Labute approximate surface area is 173 Å². The monoisotopic (exact) mass is 393 g/mol. The van der Waals surface area contributed by atoms with E-state index in [1.54, 1.807) is 0 Å². The minimum absolute atomic E-state index is 0.00794. The molecule has 1 heterocycles. The molecule has 0 N–H and O–H groups in total. The predicted octanol–water partition coefficient (Wildman–Crippen LogP) is 5.58. The van der Waals surface area contributed by atoms with E-state index in [1.165, 1.54) is 0 Å². The molecule has 29 heavy (non-hydrogen) atoms. The van der Waals surface area contributed by atoms with Crippen LogP contribution in [0, 0.1) is 5.92 Å². The number of furan rings is 1. The second kappa shape index (κ2) is 9.75. The molecular weight excluding hydrogens is 362 g/mol. The summed E-state index contributed by atoms with van der Waals surface area (Å²) < 4.78 is 11.9. The van der Waals surface area contributed by atoms with E-state index < -0.39 is 0 Å². The molecule has 0 bridgehead atoms. The zero-order valence-corrected chi connectivity index (χ0v) is 17.9. The van der Waals surface area contributed by atoms with E-state index in [-0.39, 0.29) is 5.78 Å². The third kappa shape index (κ3) is 5.27. The van der Waals surface area contributed by atoms with Crippen molar-refractivity contribution in [1.82, 2.24) is 4.90 Å². The summed E-state index contributed by atoms with van der Waals surface area (Å²) in [5, 5.41) is 0.890. The molecule has 4 nitrogen and oxygen atoms in total. The van der Waals surface area contributed by atoms with E-state index in [1.807, 2.05) is 48.5 Å². The maximum absolute atomic E-state index is 13.3. The Bertz CT molecular complexity index is 940. The van der Waals surface area contributed by atoms with Crippen molar-refractivity contribution in [2.45, 2.75) is 33.1 Å². The fourth-order valence-electron chi connectivity index (χ4n) is 3.62. The van der Waals surface area contributed by atoms with Crippen molar-refractivity contribution in [2.75, 3.05) is 27.2 Å². The second-order valence-corrected chi connectivity index (χ2v) is 8.03. The number of ketones is 1. The van der Waals surface area contributed by atoms with Gasteiger partial charge < -0.3 is 14.1 Å². The number of fused-ring (bicyclic) bond motifs is 1. The summed E-state index contributed by atoms with van der Waals surface area (Å²) in [6.07, 6.45) is 2.83. The number of carbonyl (C=O) groups excluding carboxylic acids is 1. The van der Waals surface area contributed by atoms with E-state index in [9.17, 15) is 4.79 Å². The smallest absolute Gasteiger partial charge is 0.197 e. The lowest BCUT2D eigenvalue weighted by molar-refractivity contribution is 0.103. The van der Waals surface area contributed by atoms with Gasteiger partial charge >= 0.3 is 0 Å². The lowest BCUT2D eigenvalue weighted by atomic mass is 9.98. The molecule has 1 atom stereocenters. The average Bonchev–Trinajstić information content (AvgIpc) is 3.08. The van der Waals surface area contributed by atoms with Gasteiger partial charge in [-0.25, -0.2) is 0 Å². The molecule has 2 aromatic carbocycles. The first kappa shape index (κ1) is 21.1. The highest BCUT2D eigenvalue weighted by atomic mass is 16.5. The highest BCUT2D eigenvalue weighted by molar-refractivity contribution is 6.16. The Balaban J connectivity index is 1.78. The first-order valence-corrected chi connectivity index (χ1v) is 10.4. The van der Waals surface area contributed by atoms with E-state index in [0.717, 1.165) is 48.3 Å². The van der Waals surface area contributed by atoms with Gasteiger partial charge in [-0.15, -0.1) is 0 Å². The van der Waals surface area contributed by atoms with Gasteiger partial charge in [0.15, 0.2) is 5.78 Å². The van der Waals surface area contributed by atoms with Crippen molar-refractivity contribution in [2.24, 2.45) is 5.92 Å². The maximum Gasteiger partial charge on any atom is 0.197 e. The number of nitrogens with zero attached hydrogens (tertiary/aromatic N) is 1. The van der Waals surface area contributed by atoms with Crippen molar-refractivity contribution < 1.29 is 13.9 Å². The SMILES string of the molecule is CCCCc1oc2ccccc2c1C(=O)c1ccc(OCC(C)CN(C)C)cc1. The van der Waals surface area contributed by atoms with Gasteiger partial charge in [0.05, 0.1) is 12.2 Å². The fraction of sp³-hybridized carbons (Fsp3) is 0.400. The average molecular weight is 394 g/mol. The quantitative estimate of drug-likeness (QED) is 0.422. The molecule has 0 aliphatic carbocycles. The van der Waals surface area contributed by atoms with Crippen molar-refractivity contribution in [3.05, 3.63) is 65.4 Å².